The lowest BCUT2D eigenvalue weighted by Crippen LogP contribution is -2.46. The molecule has 1 heterocycles. The van der Waals surface area contributed by atoms with E-state index in [1.54, 1.807) is 4.90 Å². The number of hydrogen-bond acceptors (Lipinski definition) is 5. The maximum absolute atomic E-state index is 13.6. The number of carboxylic acids is 1. The highest BCUT2D eigenvalue weighted by atomic mass is 32.1. The predicted octanol–water partition coefficient (Wildman–Crippen LogP) is 4.84. The van der Waals surface area contributed by atoms with Crippen LogP contribution in [-0.4, -0.2) is 45.4 Å². The summed E-state index contributed by atoms with van der Waals surface area (Å²) in [6.45, 7) is 4.02. The van der Waals surface area contributed by atoms with Crippen molar-refractivity contribution in [1.82, 2.24) is 0 Å². The van der Waals surface area contributed by atoms with Crippen molar-refractivity contribution >= 4 is 34.5 Å². The highest BCUT2D eigenvalue weighted by Crippen LogP contribution is 2.41. The summed E-state index contributed by atoms with van der Waals surface area (Å²) in [6.07, 6.45) is 8.65. The van der Waals surface area contributed by atoms with E-state index in [4.69, 9.17) is 0 Å². The van der Waals surface area contributed by atoms with Crippen LogP contribution < -0.4 is 4.90 Å². The van der Waals surface area contributed by atoms with Crippen molar-refractivity contribution in [1.29, 1.82) is 0 Å². The molecular formula is C24H35NO5S. The number of aliphatic hydroxyl groups is 2. The molecule has 172 valence electrons. The zero-order valence-corrected chi connectivity index (χ0v) is 19.4. The van der Waals surface area contributed by atoms with Crippen molar-refractivity contribution in [2.75, 3.05) is 4.90 Å². The Morgan fingerprint density at radius 3 is 2.52 bits per heavy atom. The smallest absolute Gasteiger partial charge is 0.348 e. The van der Waals surface area contributed by atoms with Gasteiger partial charge in [-0.1, -0.05) is 32.8 Å². The Hall–Kier alpha value is -1.70. The fraction of sp³-hybridized carbons (Fsp3) is 0.667. The number of allylic oxidation sites excluding steroid dienone is 1. The SMILES string of the molecule is CCCCC(C)C(=O)N(c1cc(C2=CC(O)CCC2)sc1C(=O)O)C1CCC(O)CC1. The topological polar surface area (TPSA) is 98.1 Å². The number of carbonyl (C=O) groups is 2. The number of carboxylic acid groups (broad SMARTS) is 1. The van der Waals surface area contributed by atoms with Gasteiger partial charge in [0.15, 0.2) is 0 Å². The number of aromatic carboxylic acids is 1. The molecule has 1 aromatic rings. The first kappa shape index (κ1) is 24.0. The van der Waals surface area contributed by atoms with Gasteiger partial charge in [-0.25, -0.2) is 4.79 Å². The van der Waals surface area contributed by atoms with E-state index < -0.39 is 12.1 Å². The third kappa shape index (κ3) is 5.76. The van der Waals surface area contributed by atoms with Crippen LogP contribution in [0.5, 0.6) is 0 Å². The first-order valence-electron chi connectivity index (χ1n) is 11.6. The van der Waals surface area contributed by atoms with E-state index >= 15 is 0 Å². The van der Waals surface area contributed by atoms with E-state index in [9.17, 15) is 24.9 Å². The number of unbranched alkanes of at least 4 members (excludes halogenated alkanes) is 1. The molecule has 0 spiro atoms. The number of hydrogen-bond donors (Lipinski definition) is 3. The van der Waals surface area contributed by atoms with Crippen LogP contribution >= 0.6 is 11.3 Å². The summed E-state index contributed by atoms with van der Waals surface area (Å²) in [5.74, 6) is -1.25. The van der Waals surface area contributed by atoms with Crippen molar-refractivity contribution in [3.05, 3.63) is 21.9 Å². The molecule has 2 atom stereocenters. The van der Waals surface area contributed by atoms with Crippen LogP contribution in [0.2, 0.25) is 0 Å². The molecule has 2 aliphatic carbocycles. The van der Waals surface area contributed by atoms with Crippen molar-refractivity contribution in [2.24, 2.45) is 5.92 Å². The van der Waals surface area contributed by atoms with E-state index in [0.29, 0.717) is 31.4 Å². The monoisotopic (exact) mass is 449 g/mol. The molecular weight excluding hydrogens is 414 g/mol. The molecule has 0 bridgehead atoms. The quantitative estimate of drug-likeness (QED) is 0.528. The van der Waals surface area contributed by atoms with Gasteiger partial charge in [0.25, 0.3) is 0 Å². The van der Waals surface area contributed by atoms with Gasteiger partial charge in [0, 0.05) is 16.8 Å². The van der Waals surface area contributed by atoms with Crippen molar-refractivity contribution in [2.45, 2.75) is 96.3 Å². The molecule has 1 fully saturated rings. The summed E-state index contributed by atoms with van der Waals surface area (Å²) in [5.41, 5.74) is 1.44. The van der Waals surface area contributed by atoms with Crippen LogP contribution in [0.15, 0.2) is 12.1 Å². The summed E-state index contributed by atoms with van der Waals surface area (Å²) < 4.78 is 0. The Kier molecular flexibility index (Phi) is 8.30. The largest absolute Gasteiger partial charge is 0.477 e. The van der Waals surface area contributed by atoms with Crippen LogP contribution in [0.4, 0.5) is 5.69 Å². The van der Waals surface area contributed by atoms with E-state index in [-0.39, 0.29) is 28.8 Å². The first-order valence-corrected chi connectivity index (χ1v) is 12.4. The number of aliphatic hydroxyl groups excluding tert-OH is 2. The normalized spacial score (nSPS) is 25.0. The van der Waals surface area contributed by atoms with Crippen molar-refractivity contribution < 1.29 is 24.9 Å². The Morgan fingerprint density at radius 1 is 1.19 bits per heavy atom. The molecule has 7 heteroatoms. The molecule has 0 aromatic carbocycles. The lowest BCUT2D eigenvalue weighted by molar-refractivity contribution is -0.122. The van der Waals surface area contributed by atoms with Crippen molar-refractivity contribution in [3.63, 3.8) is 0 Å². The van der Waals surface area contributed by atoms with Gasteiger partial charge in [-0.3, -0.25) is 4.79 Å². The van der Waals surface area contributed by atoms with Gasteiger partial charge >= 0.3 is 5.97 Å². The van der Waals surface area contributed by atoms with Gasteiger partial charge in [0.1, 0.15) is 4.88 Å². The van der Waals surface area contributed by atoms with Crippen LogP contribution in [0.1, 0.15) is 92.6 Å². The lowest BCUT2D eigenvalue weighted by atomic mass is 9.90. The lowest BCUT2D eigenvalue weighted by Gasteiger charge is -2.37. The maximum Gasteiger partial charge on any atom is 0.348 e. The molecule has 0 aliphatic heterocycles. The summed E-state index contributed by atoms with van der Waals surface area (Å²) in [4.78, 5) is 28.4. The zero-order chi connectivity index (χ0) is 22.5. The Labute approximate surface area is 188 Å². The number of anilines is 1. The molecule has 2 unspecified atom stereocenters. The summed E-state index contributed by atoms with van der Waals surface area (Å²) in [6, 6.07) is 1.74. The minimum Gasteiger partial charge on any atom is -0.477 e. The zero-order valence-electron chi connectivity index (χ0n) is 18.5. The van der Waals surface area contributed by atoms with Crippen LogP contribution in [0.25, 0.3) is 5.57 Å². The second-order valence-corrected chi connectivity index (χ2v) is 10.0. The van der Waals surface area contributed by atoms with Gasteiger partial charge in [0.2, 0.25) is 5.91 Å². The Balaban J connectivity index is 2.00. The average Bonchev–Trinajstić information content (AvgIpc) is 3.19. The molecule has 31 heavy (non-hydrogen) atoms. The molecule has 1 saturated carbocycles. The maximum atomic E-state index is 13.6. The van der Waals surface area contributed by atoms with E-state index in [2.05, 4.69) is 6.92 Å². The third-order valence-electron chi connectivity index (χ3n) is 6.50. The van der Waals surface area contributed by atoms with Gasteiger partial charge < -0.3 is 20.2 Å². The van der Waals surface area contributed by atoms with E-state index in [1.165, 1.54) is 11.3 Å². The second kappa shape index (κ2) is 10.7. The number of amides is 1. The van der Waals surface area contributed by atoms with E-state index in [1.807, 2.05) is 19.1 Å². The molecule has 1 amide bonds. The molecule has 1 aromatic heterocycles. The van der Waals surface area contributed by atoms with E-state index in [0.717, 1.165) is 49.0 Å². The standard InChI is InChI=1S/C24H35NO5S/c1-3-4-6-15(2)23(28)25(17-9-11-18(26)12-10-17)20-14-21(31-22(20)24(29)30)16-7-5-8-19(27)13-16/h13-15,17-19,26-27H,3-12H2,1-2H3,(H,29,30). The Morgan fingerprint density at radius 2 is 1.90 bits per heavy atom. The van der Waals surface area contributed by atoms with Gasteiger partial charge in [-0.2, -0.15) is 0 Å². The highest BCUT2D eigenvalue weighted by Gasteiger charge is 2.35. The Bertz CT molecular complexity index is 809. The molecule has 0 saturated heterocycles. The molecule has 0 radical (unpaired) electrons. The molecule has 3 rings (SSSR count). The minimum absolute atomic E-state index is 0.0284. The average molecular weight is 450 g/mol. The molecule has 3 N–H and O–H groups in total. The number of carbonyl (C=O) groups excluding carboxylic acids is 1. The molecule has 2 aliphatic rings. The first-order chi connectivity index (χ1) is 14.8. The fourth-order valence-electron chi connectivity index (χ4n) is 4.66. The second-order valence-electron chi connectivity index (χ2n) is 9.00. The van der Waals surface area contributed by atoms with Gasteiger partial charge in [-0.05, 0) is 63.0 Å². The predicted molar refractivity (Wildman–Crippen MR) is 124 cm³/mol. The summed E-state index contributed by atoms with van der Waals surface area (Å²) in [7, 11) is 0. The third-order valence-corrected chi connectivity index (χ3v) is 7.69. The number of rotatable bonds is 8. The van der Waals surface area contributed by atoms with Crippen LogP contribution in [-0.2, 0) is 4.79 Å². The van der Waals surface area contributed by atoms with Crippen LogP contribution in [0.3, 0.4) is 0 Å². The van der Waals surface area contributed by atoms with Crippen LogP contribution in [0, 0.1) is 5.92 Å². The highest BCUT2D eigenvalue weighted by molar-refractivity contribution is 7.15. The number of nitrogens with zero attached hydrogens (tertiary/aromatic N) is 1. The fourth-order valence-corrected chi connectivity index (χ4v) is 5.70. The molecule has 6 nitrogen and oxygen atoms in total. The number of thiophene rings is 1. The van der Waals surface area contributed by atoms with Crippen molar-refractivity contribution in [3.8, 4) is 0 Å². The minimum atomic E-state index is -1.03. The summed E-state index contributed by atoms with van der Waals surface area (Å²) >= 11 is 1.19. The summed E-state index contributed by atoms with van der Waals surface area (Å²) in [5, 5.41) is 29.9. The van der Waals surface area contributed by atoms with Gasteiger partial charge in [0.05, 0.1) is 17.9 Å². The van der Waals surface area contributed by atoms with Gasteiger partial charge in [-0.15, -0.1) is 11.3 Å².